The Labute approximate surface area is 128 Å². The van der Waals surface area contributed by atoms with Gasteiger partial charge in [0.1, 0.15) is 5.75 Å². The summed E-state index contributed by atoms with van der Waals surface area (Å²) in [7, 11) is -1.80. The molecule has 0 heterocycles. The third-order valence-corrected chi connectivity index (χ3v) is 8.06. The van der Waals surface area contributed by atoms with Crippen molar-refractivity contribution in [3.05, 3.63) is 48.1 Å². The molecule has 1 aromatic rings. The Balaban J connectivity index is 2.73. The maximum Gasteiger partial charge on any atom is 0.328 e. The van der Waals surface area contributed by atoms with Crippen LogP contribution in [0.4, 0.5) is 0 Å². The third-order valence-electron chi connectivity index (χ3n) is 3.70. The number of carboxylic acids is 1. The van der Waals surface area contributed by atoms with E-state index in [0.717, 1.165) is 17.4 Å². The summed E-state index contributed by atoms with van der Waals surface area (Å²) in [6, 6.07) is 7.85. The maximum atomic E-state index is 10.3. The number of hydrogen-bond acceptors (Lipinski definition) is 2. The number of aliphatic carboxylic acids is 1. The molecule has 0 radical (unpaired) electrons. The molecule has 1 rings (SSSR count). The summed E-state index contributed by atoms with van der Waals surface area (Å²) in [4.78, 5) is 10.3. The number of carbonyl (C=O) groups is 1. The number of benzene rings is 1. The van der Waals surface area contributed by atoms with Crippen molar-refractivity contribution in [2.45, 2.75) is 38.9 Å². The van der Waals surface area contributed by atoms with Crippen LogP contribution in [0, 0.1) is 0 Å². The predicted octanol–water partition coefficient (Wildman–Crippen LogP) is 4.72. The summed E-state index contributed by atoms with van der Waals surface area (Å²) in [6.07, 6.45) is 6.17. The van der Waals surface area contributed by atoms with Crippen LogP contribution in [0.25, 0.3) is 6.08 Å². The molecule has 114 valence electrons. The molecule has 0 atom stereocenters. The minimum Gasteiger partial charge on any atom is -0.544 e. The van der Waals surface area contributed by atoms with Gasteiger partial charge in [-0.05, 0) is 35.8 Å². The second kappa shape index (κ2) is 6.76. The van der Waals surface area contributed by atoms with E-state index in [1.54, 1.807) is 6.08 Å². The van der Waals surface area contributed by atoms with Gasteiger partial charge in [0.2, 0.25) is 8.32 Å². The second-order valence-electron chi connectivity index (χ2n) is 6.49. The van der Waals surface area contributed by atoms with Crippen molar-refractivity contribution in [1.82, 2.24) is 0 Å². The van der Waals surface area contributed by atoms with Crippen molar-refractivity contribution in [3.63, 3.8) is 0 Å². The van der Waals surface area contributed by atoms with E-state index in [1.165, 1.54) is 6.08 Å². The lowest BCUT2D eigenvalue weighted by Crippen LogP contribution is -2.43. The van der Waals surface area contributed by atoms with Gasteiger partial charge in [0.25, 0.3) is 0 Å². The van der Waals surface area contributed by atoms with Gasteiger partial charge in [-0.25, -0.2) is 4.79 Å². The zero-order valence-electron chi connectivity index (χ0n) is 13.4. The average Bonchev–Trinajstić information content (AvgIpc) is 2.34. The summed E-state index contributed by atoms with van der Waals surface area (Å²) < 4.78 is 6.20. The highest BCUT2D eigenvalue weighted by Gasteiger charge is 2.38. The third kappa shape index (κ3) is 5.59. The first-order chi connectivity index (χ1) is 9.62. The van der Waals surface area contributed by atoms with Crippen molar-refractivity contribution in [2.24, 2.45) is 0 Å². The molecule has 0 amide bonds. The van der Waals surface area contributed by atoms with Crippen LogP contribution in [-0.2, 0) is 4.79 Å². The average molecular weight is 304 g/mol. The molecule has 0 fully saturated rings. The molecule has 1 aromatic carbocycles. The fourth-order valence-electron chi connectivity index (χ4n) is 1.40. The molecule has 0 unspecified atom stereocenters. The predicted molar refractivity (Wildman–Crippen MR) is 90.1 cm³/mol. The van der Waals surface area contributed by atoms with Crippen molar-refractivity contribution in [1.29, 1.82) is 0 Å². The molecule has 21 heavy (non-hydrogen) atoms. The first-order valence-electron chi connectivity index (χ1n) is 6.98. The summed E-state index contributed by atoms with van der Waals surface area (Å²) in [5.41, 5.74) is 1.01. The lowest BCUT2D eigenvalue weighted by molar-refractivity contribution is -0.131. The second-order valence-corrected chi connectivity index (χ2v) is 11.2. The van der Waals surface area contributed by atoms with Gasteiger partial charge in [-0.1, -0.05) is 51.1 Å². The van der Waals surface area contributed by atoms with E-state index in [0.29, 0.717) is 0 Å². The molecular formula is C17H24O3Si. The highest BCUT2D eigenvalue weighted by Crippen LogP contribution is 2.37. The Morgan fingerprint density at radius 1 is 1.14 bits per heavy atom. The van der Waals surface area contributed by atoms with Crippen molar-refractivity contribution in [3.8, 4) is 5.75 Å². The highest BCUT2D eigenvalue weighted by molar-refractivity contribution is 6.74. The number of rotatable bonds is 5. The molecule has 1 N–H and O–H groups in total. The Kier molecular flexibility index (Phi) is 5.55. The van der Waals surface area contributed by atoms with Crippen LogP contribution in [0.5, 0.6) is 5.75 Å². The number of hydrogen-bond donors (Lipinski definition) is 1. The SMILES string of the molecule is CC(C)(C)[Si](C)(C)Oc1ccc(/C=C/C=C\C(=O)O)cc1. The molecule has 0 aliphatic heterocycles. The van der Waals surface area contributed by atoms with Crippen LogP contribution < -0.4 is 4.43 Å². The summed E-state index contributed by atoms with van der Waals surface area (Å²) >= 11 is 0. The summed E-state index contributed by atoms with van der Waals surface area (Å²) in [6.45, 7) is 11.1. The molecule has 0 spiro atoms. The molecule has 0 aromatic heterocycles. The van der Waals surface area contributed by atoms with Gasteiger partial charge in [0.15, 0.2) is 0 Å². The fourth-order valence-corrected chi connectivity index (χ4v) is 2.43. The zero-order valence-corrected chi connectivity index (χ0v) is 14.4. The highest BCUT2D eigenvalue weighted by atomic mass is 28.4. The smallest absolute Gasteiger partial charge is 0.328 e. The molecule has 0 saturated carbocycles. The van der Waals surface area contributed by atoms with Crippen LogP contribution >= 0.6 is 0 Å². The number of allylic oxidation sites excluding steroid dienone is 2. The molecule has 0 bridgehead atoms. The van der Waals surface area contributed by atoms with E-state index in [-0.39, 0.29) is 5.04 Å². The monoisotopic (exact) mass is 304 g/mol. The van der Waals surface area contributed by atoms with Gasteiger partial charge >= 0.3 is 5.97 Å². The van der Waals surface area contributed by atoms with Crippen LogP contribution in [0.1, 0.15) is 26.3 Å². The molecule has 3 nitrogen and oxygen atoms in total. The quantitative estimate of drug-likeness (QED) is 0.486. The van der Waals surface area contributed by atoms with E-state index >= 15 is 0 Å². The van der Waals surface area contributed by atoms with E-state index in [4.69, 9.17) is 9.53 Å². The van der Waals surface area contributed by atoms with Crippen molar-refractivity contribution in [2.75, 3.05) is 0 Å². The van der Waals surface area contributed by atoms with Crippen molar-refractivity contribution >= 4 is 20.4 Å². The minimum absolute atomic E-state index is 0.174. The Morgan fingerprint density at radius 2 is 1.71 bits per heavy atom. The van der Waals surface area contributed by atoms with Crippen LogP contribution in [-0.4, -0.2) is 19.4 Å². The van der Waals surface area contributed by atoms with Crippen LogP contribution in [0.2, 0.25) is 18.1 Å². The molecule has 0 saturated heterocycles. The van der Waals surface area contributed by atoms with Gasteiger partial charge in [-0.15, -0.1) is 0 Å². The van der Waals surface area contributed by atoms with E-state index in [2.05, 4.69) is 33.9 Å². The molecule has 4 heteroatoms. The summed E-state index contributed by atoms with van der Waals surface area (Å²) in [5, 5.41) is 8.66. The first-order valence-corrected chi connectivity index (χ1v) is 9.89. The Bertz CT molecular complexity index is 534. The molecule has 0 aliphatic rings. The maximum absolute atomic E-state index is 10.3. The fraction of sp³-hybridized carbons (Fsp3) is 0.353. The Hall–Kier alpha value is -1.81. The van der Waals surface area contributed by atoms with Gasteiger partial charge in [0.05, 0.1) is 0 Å². The van der Waals surface area contributed by atoms with E-state index in [9.17, 15) is 4.79 Å². The van der Waals surface area contributed by atoms with Gasteiger partial charge < -0.3 is 9.53 Å². The van der Waals surface area contributed by atoms with E-state index in [1.807, 2.05) is 30.3 Å². The number of carboxylic acid groups (broad SMARTS) is 1. The first kappa shape index (κ1) is 17.2. The normalized spacial score (nSPS) is 13.0. The standard InChI is InChI=1S/C17H24O3Si/c1-17(2,3)21(4,5)20-15-12-10-14(11-13-15)8-6-7-9-16(18)19/h6-13H,1-5H3,(H,18,19)/b8-6+,9-7-. The lowest BCUT2D eigenvalue weighted by atomic mass is 10.2. The zero-order chi connectivity index (χ0) is 16.1. The van der Waals surface area contributed by atoms with Crippen LogP contribution in [0.15, 0.2) is 42.5 Å². The molecular weight excluding hydrogens is 280 g/mol. The summed E-state index contributed by atoms with van der Waals surface area (Å²) in [5.74, 6) is -0.0578. The van der Waals surface area contributed by atoms with Gasteiger partial charge in [-0.2, -0.15) is 0 Å². The Morgan fingerprint density at radius 3 is 2.19 bits per heavy atom. The van der Waals surface area contributed by atoms with Crippen molar-refractivity contribution < 1.29 is 14.3 Å². The minimum atomic E-state index is -1.80. The largest absolute Gasteiger partial charge is 0.544 e. The van der Waals surface area contributed by atoms with Crippen LogP contribution in [0.3, 0.4) is 0 Å². The topological polar surface area (TPSA) is 46.5 Å². The lowest BCUT2D eigenvalue weighted by Gasteiger charge is -2.36. The molecule has 0 aliphatic carbocycles. The van der Waals surface area contributed by atoms with Gasteiger partial charge in [0, 0.05) is 6.08 Å². The van der Waals surface area contributed by atoms with E-state index < -0.39 is 14.3 Å². The van der Waals surface area contributed by atoms with Gasteiger partial charge in [-0.3, -0.25) is 0 Å².